The van der Waals surface area contributed by atoms with Crippen LogP contribution in [-0.4, -0.2) is 5.78 Å². The van der Waals surface area contributed by atoms with Crippen LogP contribution in [0, 0.1) is 5.92 Å². The molecule has 0 spiro atoms. The zero-order valence-electron chi connectivity index (χ0n) is 10.6. The van der Waals surface area contributed by atoms with E-state index < -0.39 is 0 Å². The van der Waals surface area contributed by atoms with Gasteiger partial charge in [-0.1, -0.05) is 46.6 Å². The van der Waals surface area contributed by atoms with Crippen molar-refractivity contribution in [1.82, 2.24) is 0 Å². The van der Waals surface area contributed by atoms with Gasteiger partial charge in [0.25, 0.3) is 0 Å². The van der Waals surface area contributed by atoms with Gasteiger partial charge >= 0.3 is 0 Å². The summed E-state index contributed by atoms with van der Waals surface area (Å²) >= 11 is 0. The molecule has 0 aromatic rings. The number of hydrogen-bond acceptors (Lipinski definition) is 1. The van der Waals surface area contributed by atoms with Crippen molar-refractivity contribution in [2.24, 2.45) is 5.92 Å². The molecule has 0 fully saturated rings. The fraction of sp³-hybridized carbons (Fsp3) is 0.786. The van der Waals surface area contributed by atoms with E-state index in [0.29, 0.717) is 12.3 Å². The Labute approximate surface area is 95.0 Å². The predicted octanol–water partition coefficient (Wildman–Crippen LogP) is 4.52. The lowest BCUT2D eigenvalue weighted by Gasteiger charge is -2.06. The molecule has 0 aliphatic carbocycles. The molecule has 0 saturated heterocycles. The van der Waals surface area contributed by atoms with E-state index in [9.17, 15) is 4.79 Å². The van der Waals surface area contributed by atoms with E-state index in [4.69, 9.17) is 0 Å². The zero-order valence-corrected chi connectivity index (χ0v) is 10.6. The lowest BCUT2D eigenvalue weighted by molar-refractivity contribution is -0.115. The molecule has 88 valence electrons. The lowest BCUT2D eigenvalue weighted by Crippen LogP contribution is -2.02. The minimum atomic E-state index is 0.284. The van der Waals surface area contributed by atoms with Crippen LogP contribution in [0.3, 0.4) is 0 Å². The Morgan fingerprint density at radius 1 is 1.13 bits per heavy atom. The summed E-state index contributed by atoms with van der Waals surface area (Å²) in [6.45, 7) is 10.4. The molecule has 0 rings (SSSR count). The minimum Gasteiger partial charge on any atom is -0.295 e. The number of unbranched alkanes of at least 4 members (excludes halogenated alkanes) is 3. The zero-order chi connectivity index (χ0) is 11.7. The third kappa shape index (κ3) is 8.41. The highest BCUT2D eigenvalue weighted by Crippen LogP contribution is 2.13. The van der Waals surface area contributed by atoms with Crippen molar-refractivity contribution in [3.05, 3.63) is 12.2 Å². The molecule has 15 heavy (non-hydrogen) atoms. The van der Waals surface area contributed by atoms with Gasteiger partial charge in [0.2, 0.25) is 0 Å². The molecule has 0 saturated carbocycles. The van der Waals surface area contributed by atoms with Crippen LogP contribution in [0.25, 0.3) is 0 Å². The molecule has 0 N–H and O–H groups in total. The molecule has 0 amide bonds. The topological polar surface area (TPSA) is 17.1 Å². The summed E-state index contributed by atoms with van der Waals surface area (Å²) in [6, 6.07) is 0. The van der Waals surface area contributed by atoms with Gasteiger partial charge in [-0.2, -0.15) is 0 Å². The molecule has 1 heteroatoms. The molecule has 0 radical (unpaired) electrons. The summed E-state index contributed by atoms with van der Waals surface area (Å²) < 4.78 is 0. The summed E-state index contributed by atoms with van der Waals surface area (Å²) in [5.41, 5.74) is 0.834. The van der Waals surface area contributed by atoms with Gasteiger partial charge in [0, 0.05) is 6.42 Å². The summed E-state index contributed by atoms with van der Waals surface area (Å²) in [5.74, 6) is 0.946. The molecule has 0 atom stereocenters. The van der Waals surface area contributed by atoms with E-state index in [0.717, 1.165) is 24.8 Å². The van der Waals surface area contributed by atoms with Crippen LogP contribution in [-0.2, 0) is 4.79 Å². The standard InChI is InChI=1S/C14H26O/c1-5-6-7-8-9-14(15)13(4)11-10-12(2)3/h12H,4-11H2,1-3H3. The van der Waals surface area contributed by atoms with Gasteiger partial charge in [-0.3, -0.25) is 4.79 Å². The third-order valence-corrected chi connectivity index (χ3v) is 2.68. The van der Waals surface area contributed by atoms with Gasteiger partial charge in [0.1, 0.15) is 0 Å². The summed E-state index contributed by atoms with van der Waals surface area (Å²) in [5, 5.41) is 0. The first-order chi connectivity index (χ1) is 7.07. The van der Waals surface area contributed by atoms with Crippen molar-refractivity contribution in [3.63, 3.8) is 0 Å². The van der Waals surface area contributed by atoms with Crippen LogP contribution < -0.4 is 0 Å². The highest BCUT2D eigenvalue weighted by atomic mass is 16.1. The van der Waals surface area contributed by atoms with Gasteiger partial charge in [-0.25, -0.2) is 0 Å². The molecular formula is C14H26O. The SMILES string of the molecule is C=C(CCC(C)C)C(=O)CCCCCC. The van der Waals surface area contributed by atoms with Crippen LogP contribution in [0.5, 0.6) is 0 Å². The van der Waals surface area contributed by atoms with E-state index in [1.807, 2.05) is 0 Å². The van der Waals surface area contributed by atoms with E-state index >= 15 is 0 Å². The quantitative estimate of drug-likeness (QED) is 0.404. The Balaban J connectivity index is 3.56. The van der Waals surface area contributed by atoms with Crippen molar-refractivity contribution in [1.29, 1.82) is 0 Å². The fourth-order valence-corrected chi connectivity index (χ4v) is 1.49. The lowest BCUT2D eigenvalue weighted by atomic mass is 9.98. The van der Waals surface area contributed by atoms with E-state index in [2.05, 4.69) is 27.4 Å². The van der Waals surface area contributed by atoms with Crippen LogP contribution in [0.15, 0.2) is 12.2 Å². The third-order valence-electron chi connectivity index (χ3n) is 2.68. The second kappa shape index (κ2) is 8.70. The van der Waals surface area contributed by atoms with E-state index in [1.54, 1.807) is 0 Å². The van der Waals surface area contributed by atoms with Gasteiger partial charge in [-0.15, -0.1) is 0 Å². The molecular weight excluding hydrogens is 184 g/mol. The first-order valence-corrected chi connectivity index (χ1v) is 6.28. The van der Waals surface area contributed by atoms with E-state index in [1.165, 1.54) is 19.3 Å². The predicted molar refractivity (Wildman–Crippen MR) is 67.0 cm³/mol. The Bertz CT molecular complexity index is 192. The molecule has 1 nitrogen and oxygen atoms in total. The number of carbonyl (C=O) groups is 1. The number of allylic oxidation sites excluding steroid dienone is 1. The average Bonchev–Trinajstić information content (AvgIpc) is 2.20. The highest BCUT2D eigenvalue weighted by molar-refractivity contribution is 5.94. The number of Topliss-reactive ketones (excluding diaryl/α,β-unsaturated/α-hetero) is 1. The highest BCUT2D eigenvalue weighted by Gasteiger charge is 2.07. The summed E-state index contributed by atoms with van der Waals surface area (Å²) in [4.78, 5) is 11.6. The van der Waals surface area contributed by atoms with Gasteiger partial charge in [-0.05, 0) is 30.8 Å². The number of carbonyl (C=O) groups excluding carboxylic acids is 1. The Morgan fingerprint density at radius 2 is 1.80 bits per heavy atom. The van der Waals surface area contributed by atoms with E-state index in [-0.39, 0.29) is 5.78 Å². The molecule has 0 aromatic carbocycles. The number of rotatable bonds is 9. The van der Waals surface area contributed by atoms with Crippen LogP contribution >= 0.6 is 0 Å². The Kier molecular flexibility index (Phi) is 8.35. The maximum atomic E-state index is 11.6. The van der Waals surface area contributed by atoms with Crippen LogP contribution in [0.4, 0.5) is 0 Å². The molecule has 0 aliphatic heterocycles. The number of ketones is 1. The monoisotopic (exact) mass is 210 g/mol. The Hall–Kier alpha value is -0.590. The number of hydrogen-bond donors (Lipinski definition) is 0. The largest absolute Gasteiger partial charge is 0.295 e. The van der Waals surface area contributed by atoms with Gasteiger partial charge in [0.15, 0.2) is 5.78 Å². The normalized spacial score (nSPS) is 10.7. The van der Waals surface area contributed by atoms with Crippen molar-refractivity contribution in [2.45, 2.75) is 65.7 Å². The smallest absolute Gasteiger partial charge is 0.158 e. The van der Waals surface area contributed by atoms with Crippen LogP contribution in [0.2, 0.25) is 0 Å². The molecule has 0 heterocycles. The second-order valence-electron chi connectivity index (χ2n) is 4.77. The molecule has 0 bridgehead atoms. The van der Waals surface area contributed by atoms with Crippen molar-refractivity contribution in [2.75, 3.05) is 0 Å². The molecule has 0 unspecified atom stereocenters. The maximum Gasteiger partial charge on any atom is 0.158 e. The first-order valence-electron chi connectivity index (χ1n) is 6.28. The summed E-state index contributed by atoms with van der Waals surface area (Å²) in [6.07, 6.45) is 7.35. The average molecular weight is 210 g/mol. The van der Waals surface area contributed by atoms with Gasteiger partial charge < -0.3 is 0 Å². The van der Waals surface area contributed by atoms with Crippen molar-refractivity contribution < 1.29 is 4.79 Å². The van der Waals surface area contributed by atoms with Crippen molar-refractivity contribution >= 4 is 5.78 Å². The molecule has 0 aliphatic rings. The van der Waals surface area contributed by atoms with Crippen LogP contribution in [0.1, 0.15) is 65.7 Å². The summed E-state index contributed by atoms with van der Waals surface area (Å²) in [7, 11) is 0. The molecule has 0 aromatic heterocycles. The Morgan fingerprint density at radius 3 is 2.33 bits per heavy atom. The minimum absolute atomic E-state index is 0.284. The second-order valence-corrected chi connectivity index (χ2v) is 4.77. The maximum absolute atomic E-state index is 11.6. The van der Waals surface area contributed by atoms with Crippen molar-refractivity contribution in [3.8, 4) is 0 Å². The first kappa shape index (κ1) is 14.4. The van der Waals surface area contributed by atoms with Gasteiger partial charge in [0.05, 0.1) is 0 Å². The fourth-order valence-electron chi connectivity index (χ4n) is 1.49.